The maximum Gasteiger partial charge on any atom is 0.203 e. The topological polar surface area (TPSA) is 92.3 Å². The number of aryl methyl sites for hydroxylation is 1. The number of hydrogen-bond acceptors (Lipinski definition) is 8. The number of imidazole rings is 1. The number of fused-ring (bicyclic) bond motifs is 2. The molecule has 0 aliphatic carbocycles. The third-order valence-electron chi connectivity index (χ3n) is 6.77. The predicted molar refractivity (Wildman–Crippen MR) is 141 cm³/mol. The summed E-state index contributed by atoms with van der Waals surface area (Å²) in [6.45, 7) is 9.39. The molecule has 0 bridgehead atoms. The molecule has 0 amide bonds. The molecule has 10 nitrogen and oxygen atoms in total. The Balaban J connectivity index is 1.52. The van der Waals surface area contributed by atoms with Crippen LogP contribution in [0.1, 0.15) is 18.3 Å². The fraction of sp³-hybridized carbons (Fsp3) is 0.346. The number of aromatic nitrogens is 7. The van der Waals surface area contributed by atoms with Crippen LogP contribution in [0.15, 0.2) is 48.8 Å². The molecule has 184 valence electrons. The molecule has 10 heteroatoms. The highest BCUT2D eigenvalue weighted by Gasteiger charge is 2.21. The minimum Gasteiger partial charge on any atom is -0.367 e. The van der Waals surface area contributed by atoms with Gasteiger partial charge in [0, 0.05) is 51.5 Å². The number of anilines is 2. The van der Waals surface area contributed by atoms with E-state index in [2.05, 4.69) is 67.3 Å². The fourth-order valence-electron chi connectivity index (χ4n) is 4.75. The number of rotatable bonds is 6. The van der Waals surface area contributed by atoms with Crippen LogP contribution >= 0.6 is 0 Å². The van der Waals surface area contributed by atoms with Crippen molar-refractivity contribution in [2.24, 2.45) is 0 Å². The lowest BCUT2D eigenvalue weighted by Crippen LogP contribution is -2.44. The first kappa shape index (κ1) is 22.4. The van der Waals surface area contributed by atoms with E-state index in [1.54, 1.807) is 0 Å². The molecule has 5 aromatic rings. The Labute approximate surface area is 209 Å². The first-order valence-electron chi connectivity index (χ1n) is 12.4. The highest BCUT2D eigenvalue weighted by Crippen LogP contribution is 2.29. The van der Waals surface area contributed by atoms with Crippen molar-refractivity contribution in [3.8, 4) is 11.5 Å². The number of nitrogens with zero attached hydrogens (tertiary/aromatic N) is 9. The van der Waals surface area contributed by atoms with Gasteiger partial charge in [0.05, 0.1) is 11.7 Å². The summed E-state index contributed by atoms with van der Waals surface area (Å²) in [5.74, 6) is 3.28. The number of benzene rings is 1. The quantitative estimate of drug-likeness (QED) is 0.395. The lowest BCUT2D eigenvalue weighted by molar-refractivity contribution is 0.312. The molecule has 36 heavy (non-hydrogen) atoms. The molecule has 0 atom stereocenters. The van der Waals surface area contributed by atoms with Gasteiger partial charge in [0.25, 0.3) is 0 Å². The summed E-state index contributed by atoms with van der Waals surface area (Å²) in [5, 5.41) is 11.9. The molecule has 0 unspecified atom stereocenters. The third kappa shape index (κ3) is 4.03. The van der Waals surface area contributed by atoms with Crippen molar-refractivity contribution < 1.29 is 0 Å². The normalized spacial score (nSPS) is 14.7. The van der Waals surface area contributed by atoms with Crippen LogP contribution in [0.25, 0.3) is 28.2 Å². The van der Waals surface area contributed by atoms with Crippen LogP contribution in [0.5, 0.6) is 0 Å². The van der Waals surface area contributed by atoms with Crippen LogP contribution in [0.3, 0.4) is 0 Å². The third-order valence-corrected chi connectivity index (χ3v) is 6.77. The van der Waals surface area contributed by atoms with Gasteiger partial charge in [-0.15, -0.1) is 10.2 Å². The zero-order valence-corrected chi connectivity index (χ0v) is 20.9. The summed E-state index contributed by atoms with van der Waals surface area (Å²) in [4.78, 5) is 19.5. The minimum atomic E-state index is 0.677. The van der Waals surface area contributed by atoms with Gasteiger partial charge in [-0.05, 0) is 26.5 Å². The summed E-state index contributed by atoms with van der Waals surface area (Å²) in [7, 11) is 2.16. The van der Waals surface area contributed by atoms with Crippen molar-refractivity contribution in [1.29, 1.82) is 0 Å². The SMILES string of the molecule is CCNc1nc(-c2nc3cnc(N4CCN(C)CC4)cc3n2Cc2ccccc2)cn2c(C)nnc12. The molecule has 1 saturated heterocycles. The first-order valence-corrected chi connectivity index (χ1v) is 12.4. The average molecular weight is 483 g/mol. The van der Waals surface area contributed by atoms with E-state index in [4.69, 9.17) is 15.0 Å². The van der Waals surface area contributed by atoms with Crippen molar-refractivity contribution in [3.05, 3.63) is 60.2 Å². The summed E-state index contributed by atoms with van der Waals surface area (Å²) < 4.78 is 4.22. The minimum absolute atomic E-state index is 0.677. The molecular weight excluding hydrogens is 452 g/mol. The Bertz CT molecular complexity index is 1510. The molecule has 1 N–H and O–H groups in total. The summed E-state index contributed by atoms with van der Waals surface area (Å²) in [5.41, 5.74) is 4.57. The van der Waals surface area contributed by atoms with Crippen LogP contribution in [-0.4, -0.2) is 78.8 Å². The van der Waals surface area contributed by atoms with E-state index >= 15 is 0 Å². The number of piperazine rings is 1. The largest absolute Gasteiger partial charge is 0.367 e. The zero-order chi connectivity index (χ0) is 24.6. The Morgan fingerprint density at radius 1 is 1.00 bits per heavy atom. The Kier molecular flexibility index (Phi) is 5.73. The van der Waals surface area contributed by atoms with Crippen LogP contribution < -0.4 is 10.2 Å². The lowest BCUT2D eigenvalue weighted by Gasteiger charge is -2.33. The monoisotopic (exact) mass is 482 g/mol. The number of nitrogens with one attached hydrogen (secondary N) is 1. The van der Waals surface area contributed by atoms with E-state index in [0.717, 1.165) is 66.9 Å². The second-order valence-corrected chi connectivity index (χ2v) is 9.27. The van der Waals surface area contributed by atoms with Gasteiger partial charge in [0.2, 0.25) is 5.65 Å². The molecule has 6 rings (SSSR count). The second kappa shape index (κ2) is 9.19. The van der Waals surface area contributed by atoms with Crippen molar-refractivity contribution in [3.63, 3.8) is 0 Å². The van der Waals surface area contributed by atoms with Crippen molar-refractivity contribution >= 4 is 28.3 Å². The summed E-state index contributed by atoms with van der Waals surface area (Å²) >= 11 is 0. The average Bonchev–Trinajstić information content (AvgIpc) is 3.45. The van der Waals surface area contributed by atoms with Gasteiger partial charge >= 0.3 is 0 Å². The van der Waals surface area contributed by atoms with Crippen LogP contribution in [0.4, 0.5) is 11.6 Å². The van der Waals surface area contributed by atoms with Gasteiger partial charge in [-0.25, -0.2) is 15.0 Å². The fourth-order valence-corrected chi connectivity index (χ4v) is 4.75. The molecule has 0 radical (unpaired) electrons. The Morgan fingerprint density at radius 2 is 1.81 bits per heavy atom. The molecule has 0 spiro atoms. The predicted octanol–water partition coefficient (Wildman–Crippen LogP) is 3.08. The van der Waals surface area contributed by atoms with Gasteiger partial charge in [-0.2, -0.15) is 0 Å². The molecule has 1 aromatic carbocycles. The van der Waals surface area contributed by atoms with Gasteiger partial charge in [0.15, 0.2) is 11.6 Å². The second-order valence-electron chi connectivity index (χ2n) is 9.27. The number of likely N-dealkylation sites (N-methyl/N-ethyl adjacent to an activating group) is 1. The molecule has 4 aromatic heterocycles. The van der Waals surface area contributed by atoms with Gasteiger partial charge < -0.3 is 19.7 Å². The Morgan fingerprint density at radius 3 is 2.58 bits per heavy atom. The van der Waals surface area contributed by atoms with Gasteiger partial charge in [0.1, 0.15) is 22.9 Å². The van der Waals surface area contributed by atoms with E-state index in [1.807, 2.05) is 36.7 Å². The van der Waals surface area contributed by atoms with Crippen LogP contribution in [0, 0.1) is 6.92 Å². The maximum absolute atomic E-state index is 5.03. The molecule has 5 heterocycles. The van der Waals surface area contributed by atoms with Crippen LogP contribution in [-0.2, 0) is 6.54 Å². The van der Waals surface area contributed by atoms with Gasteiger partial charge in [-0.3, -0.25) is 4.40 Å². The summed E-state index contributed by atoms with van der Waals surface area (Å²) in [6.07, 6.45) is 3.87. The zero-order valence-electron chi connectivity index (χ0n) is 20.9. The van der Waals surface area contributed by atoms with E-state index in [9.17, 15) is 0 Å². The van der Waals surface area contributed by atoms with E-state index in [-0.39, 0.29) is 0 Å². The molecule has 1 aliphatic heterocycles. The molecule has 0 saturated carbocycles. The van der Waals surface area contributed by atoms with Crippen molar-refractivity contribution in [2.75, 3.05) is 50.0 Å². The number of pyridine rings is 1. The summed E-state index contributed by atoms with van der Waals surface area (Å²) in [6, 6.07) is 12.6. The highest BCUT2D eigenvalue weighted by molar-refractivity contribution is 5.82. The van der Waals surface area contributed by atoms with Gasteiger partial charge in [-0.1, -0.05) is 30.3 Å². The van der Waals surface area contributed by atoms with E-state index in [0.29, 0.717) is 18.0 Å². The smallest absolute Gasteiger partial charge is 0.203 e. The maximum atomic E-state index is 5.03. The molecule has 1 fully saturated rings. The molecule has 1 aliphatic rings. The first-order chi connectivity index (χ1) is 17.6. The number of hydrogen-bond donors (Lipinski definition) is 1. The van der Waals surface area contributed by atoms with E-state index in [1.165, 1.54) is 5.56 Å². The molecular formula is C26H30N10. The lowest BCUT2D eigenvalue weighted by atomic mass is 10.2. The van der Waals surface area contributed by atoms with Crippen molar-refractivity contribution in [2.45, 2.75) is 20.4 Å². The van der Waals surface area contributed by atoms with Crippen LogP contribution in [0.2, 0.25) is 0 Å². The van der Waals surface area contributed by atoms with E-state index < -0.39 is 0 Å². The highest BCUT2D eigenvalue weighted by atomic mass is 15.3. The Hall–Kier alpha value is -4.05. The standard InChI is InChI=1S/C26H30N10/c1-4-27-24-26-32-31-18(2)35(26)17-21(29-24)25-30-20-15-28-23(34-12-10-33(3)11-13-34)14-22(20)36(25)16-19-8-6-5-7-9-19/h5-9,14-15,17H,4,10-13,16H2,1-3H3,(H,27,29). The van der Waals surface area contributed by atoms with Crippen molar-refractivity contribution in [1.82, 2.24) is 39.0 Å².